The van der Waals surface area contributed by atoms with Gasteiger partial charge in [-0.2, -0.15) is 0 Å². The zero-order valence-electron chi connectivity index (χ0n) is 14.6. The molecule has 0 aliphatic heterocycles. The highest BCUT2D eigenvalue weighted by atomic mass is 16.6. The fourth-order valence-corrected chi connectivity index (χ4v) is 2.41. The molecule has 0 aliphatic rings. The third-order valence-corrected chi connectivity index (χ3v) is 3.70. The zero-order valence-corrected chi connectivity index (χ0v) is 14.6. The van der Waals surface area contributed by atoms with E-state index in [1.807, 2.05) is 30.3 Å². The SMILES string of the molecule is COC(=O)c1oc(COC(=O)c2nc(-c3ccccc3)oc2C)cc1C. The van der Waals surface area contributed by atoms with E-state index in [4.69, 9.17) is 13.6 Å². The van der Waals surface area contributed by atoms with E-state index < -0.39 is 11.9 Å². The summed E-state index contributed by atoms with van der Waals surface area (Å²) >= 11 is 0. The van der Waals surface area contributed by atoms with Gasteiger partial charge < -0.3 is 18.3 Å². The van der Waals surface area contributed by atoms with Crippen molar-refractivity contribution in [1.82, 2.24) is 4.98 Å². The van der Waals surface area contributed by atoms with Crippen LogP contribution in [0.5, 0.6) is 0 Å². The molecule has 3 rings (SSSR count). The average molecular weight is 355 g/mol. The molecule has 0 atom stereocenters. The highest BCUT2D eigenvalue weighted by Crippen LogP contribution is 2.22. The Labute approximate surface area is 149 Å². The van der Waals surface area contributed by atoms with Crippen LogP contribution >= 0.6 is 0 Å². The van der Waals surface area contributed by atoms with E-state index in [0.717, 1.165) is 5.56 Å². The smallest absolute Gasteiger partial charge is 0.374 e. The number of aromatic nitrogens is 1. The number of carbonyl (C=O) groups excluding carboxylic acids is 2. The topological polar surface area (TPSA) is 91.8 Å². The number of esters is 2. The molecule has 0 saturated heterocycles. The highest BCUT2D eigenvalue weighted by molar-refractivity contribution is 5.89. The summed E-state index contributed by atoms with van der Waals surface area (Å²) in [6, 6.07) is 10.9. The van der Waals surface area contributed by atoms with Crippen LogP contribution in [0.1, 0.15) is 38.1 Å². The van der Waals surface area contributed by atoms with Gasteiger partial charge in [0.1, 0.15) is 18.1 Å². The molecule has 2 heterocycles. The van der Waals surface area contributed by atoms with Crippen LogP contribution in [0.4, 0.5) is 0 Å². The standard InChI is InChI=1S/C19H17NO6/c1-11-9-14(26-16(11)19(22)23-3)10-24-18(21)15-12(2)25-17(20-15)13-7-5-4-6-8-13/h4-9H,10H2,1-3H3. The predicted octanol–water partition coefficient (Wildman–Crippen LogP) is 3.70. The lowest BCUT2D eigenvalue weighted by Gasteiger charge is -2.00. The zero-order chi connectivity index (χ0) is 18.7. The first-order valence-corrected chi connectivity index (χ1v) is 7.87. The predicted molar refractivity (Wildman–Crippen MR) is 90.6 cm³/mol. The minimum absolute atomic E-state index is 0.0857. The van der Waals surface area contributed by atoms with Crippen LogP contribution in [0, 0.1) is 13.8 Å². The summed E-state index contributed by atoms with van der Waals surface area (Å²) < 4.78 is 20.8. The van der Waals surface area contributed by atoms with Crippen molar-refractivity contribution in [3.63, 3.8) is 0 Å². The van der Waals surface area contributed by atoms with E-state index in [2.05, 4.69) is 9.72 Å². The molecule has 26 heavy (non-hydrogen) atoms. The van der Waals surface area contributed by atoms with Crippen LogP contribution in [0.3, 0.4) is 0 Å². The molecule has 0 bridgehead atoms. The number of hydrogen-bond acceptors (Lipinski definition) is 7. The Bertz CT molecular complexity index is 938. The van der Waals surface area contributed by atoms with Crippen LogP contribution in [0.15, 0.2) is 45.2 Å². The maximum Gasteiger partial charge on any atom is 0.374 e. The van der Waals surface area contributed by atoms with Crippen molar-refractivity contribution < 1.29 is 27.9 Å². The number of furan rings is 1. The van der Waals surface area contributed by atoms with E-state index in [1.165, 1.54) is 7.11 Å². The molecule has 7 heteroatoms. The van der Waals surface area contributed by atoms with Gasteiger partial charge in [0.2, 0.25) is 11.7 Å². The van der Waals surface area contributed by atoms with Crippen molar-refractivity contribution >= 4 is 11.9 Å². The van der Waals surface area contributed by atoms with Crippen molar-refractivity contribution in [2.24, 2.45) is 0 Å². The van der Waals surface area contributed by atoms with E-state index in [9.17, 15) is 9.59 Å². The number of aryl methyl sites for hydroxylation is 2. The normalized spacial score (nSPS) is 10.6. The van der Waals surface area contributed by atoms with Gasteiger partial charge in [-0.3, -0.25) is 0 Å². The Morgan fingerprint density at radius 1 is 1.08 bits per heavy atom. The summed E-state index contributed by atoms with van der Waals surface area (Å²) in [4.78, 5) is 28.0. The Morgan fingerprint density at radius 3 is 2.50 bits per heavy atom. The van der Waals surface area contributed by atoms with Crippen LogP contribution in [0.2, 0.25) is 0 Å². The second kappa shape index (κ2) is 7.26. The van der Waals surface area contributed by atoms with Crippen molar-refractivity contribution in [2.45, 2.75) is 20.5 Å². The summed E-state index contributed by atoms with van der Waals surface area (Å²) in [5.41, 5.74) is 1.46. The quantitative estimate of drug-likeness (QED) is 0.644. The van der Waals surface area contributed by atoms with Gasteiger partial charge in [-0.25, -0.2) is 14.6 Å². The molecular formula is C19H17NO6. The summed E-state index contributed by atoms with van der Waals surface area (Å²) in [5, 5.41) is 0. The Hall–Kier alpha value is -3.35. The lowest BCUT2D eigenvalue weighted by atomic mass is 10.2. The summed E-state index contributed by atoms with van der Waals surface area (Å²) in [6.45, 7) is 3.21. The van der Waals surface area contributed by atoms with Gasteiger partial charge in [-0.05, 0) is 32.0 Å². The molecule has 0 saturated carbocycles. The Balaban J connectivity index is 1.71. The van der Waals surface area contributed by atoms with Crippen molar-refractivity contribution in [3.05, 3.63) is 64.9 Å². The fourth-order valence-electron chi connectivity index (χ4n) is 2.41. The fraction of sp³-hybridized carbons (Fsp3) is 0.211. The number of oxazole rings is 1. The molecule has 7 nitrogen and oxygen atoms in total. The maximum absolute atomic E-state index is 12.3. The lowest BCUT2D eigenvalue weighted by Crippen LogP contribution is -2.07. The third kappa shape index (κ3) is 3.51. The molecule has 0 unspecified atom stereocenters. The van der Waals surface area contributed by atoms with Gasteiger partial charge in [0, 0.05) is 11.1 Å². The Morgan fingerprint density at radius 2 is 1.81 bits per heavy atom. The molecule has 134 valence electrons. The molecular weight excluding hydrogens is 338 g/mol. The second-order valence-corrected chi connectivity index (χ2v) is 5.58. The molecule has 2 aromatic heterocycles. The minimum Gasteiger partial charge on any atom is -0.463 e. The van der Waals surface area contributed by atoms with E-state index in [1.54, 1.807) is 19.9 Å². The summed E-state index contributed by atoms with van der Waals surface area (Å²) in [5.74, 6) is -0.0955. The van der Waals surface area contributed by atoms with E-state index in [-0.39, 0.29) is 18.1 Å². The second-order valence-electron chi connectivity index (χ2n) is 5.58. The summed E-state index contributed by atoms with van der Waals surface area (Å²) in [7, 11) is 1.27. The molecule has 0 N–H and O–H groups in total. The molecule has 0 spiro atoms. The number of benzene rings is 1. The van der Waals surface area contributed by atoms with Crippen LogP contribution in [-0.4, -0.2) is 24.0 Å². The molecule has 0 fully saturated rings. The number of carbonyl (C=O) groups is 2. The monoisotopic (exact) mass is 355 g/mol. The molecule has 3 aromatic rings. The van der Waals surface area contributed by atoms with Gasteiger partial charge in [0.15, 0.2) is 5.69 Å². The van der Waals surface area contributed by atoms with Gasteiger partial charge in [-0.1, -0.05) is 18.2 Å². The molecule has 0 amide bonds. The minimum atomic E-state index is -0.637. The number of methoxy groups -OCH3 is 1. The van der Waals surface area contributed by atoms with Gasteiger partial charge >= 0.3 is 11.9 Å². The molecule has 1 aromatic carbocycles. The lowest BCUT2D eigenvalue weighted by molar-refractivity contribution is 0.0430. The highest BCUT2D eigenvalue weighted by Gasteiger charge is 2.21. The van der Waals surface area contributed by atoms with E-state index >= 15 is 0 Å². The number of hydrogen-bond donors (Lipinski definition) is 0. The average Bonchev–Trinajstić information content (AvgIpc) is 3.22. The van der Waals surface area contributed by atoms with Gasteiger partial charge in [0.05, 0.1) is 7.11 Å². The number of rotatable bonds is 5. The van der Waals surface area contributed by atoms with Crippen molar-refractivity contribution in [1.29, 1.82) is 0 Å². The summed E-state index contributed by atoms with van der Waals surface area (Å²) in [6.07, 6.45) is 0. The van der Waals surface area contributed by atoms with E-state index in [0.29, 0.717) is 23.0 Å². The van der Waals surface area contributed by atoms with Crippen molar-refractivity contribution in [3.8, 4) is 11.5 Å². The van der Waals surface area contributed by atoms with Crippen molar-refractivity contribution in [2.75, 3.05) is 7.11 Å². The van der Waals surface area contributed by atoms with Crippen LogP contribution in [0.25, 0.3) is 11.5 Å². The van der Waals surface area contributed by atoms with Gasteiger partial charge in [-0.15, -0.1) is 0 Å². The molecule has 0 aliphatic carbocycles. The largest absolute Gasteiger partial charge is 0.463 e. The first-order chi connectivity index (χ1) is 12.5. The van der Waals surface area contributed by atoms with Crippen LogP contribution in [-0.2, 0) is 16.1 Å². The number of nitrogens with zero attached hydrogens (tertiary/aromatic N) is 1. The van der Waals surface area contributed by atoms with Crippen LogP contribution < -0.4 is 0 Å². The third-order valence-electron chi connectivity index (χ3n) is 3.70. The molecule has 0 radical (unpaired) electrons. The Kier molecular flexibility index (Phi) is 4.88. The van der Waals surface area contributed by atoms with Gasteiger partial charge in [0.25, 0.3) is 0 Å². The maximum atomic E-state index is 12.3. The number of ether oxygens (including phenoxy) is 2. The first kappa shape index (κ1) is 17.5. The first-order valence-electron chi connectivity index (χ1n) is 7.87.